The van der Waals surface area contributed by atoms with Crippen molar-refractivity contribution in [2.75, 3.05) is 26.9 Å². The minimum atomic E-state index is -0.445. The van der Waals surface area contributed by atoms with Gasteiger partial charge in [0.15, 0.2) is 23.1 Å². The van der Waals surface area contributed by atoms with Crippen molar-refractivity contribution in [1.29, 1.82) is 0 Å². The summed E-state index contributed by atoms with van der Waals surface area (Å²) in [5.41, 5.74) is 5.45. The van der Waals surface area contributed by atoms with E-state index < -0.39 is 5.82 Å². The number of methoxy groups -OCH3 is 1. The van der Waals surface area contributed by atoms with Crippen LogP contribution in [0.4, 0.5) is 4.39 Å². The molecule has 0 radical (unpaired) electrons. The first kappa shape index (κ1) is 21.8. The molecule has 166 valence electrons. The van der Waals surface area contributed by atoms with E-state index >= 15 is 0 Å². The van der Waals surface area contributed by atoms with Crippen molar-refractivity contribution in [3.8, 4) is 45.3 Å². The highest BCUT2D eigenvalue weighted by Crippen LogP contribution is 2.51. The molecule has 0 N–H and O–H groups in total. The maximum absolute atomic E-state index is 14.9. The molecule has 4 rings (SSSR count). The number of benzene rings is 3. The Morgan fingerprint density at radius 3 is 2.28 bits per heavy atom. The molecule has 0 aliphatic carbocycles. The fraction of sp³-hybridized carbons (Fsp3) is 0.259. The van der Waals surface area contributed by atoms with Crippen molar-refractivity contribution in [2.45, 2.75) is 20.8 Å². The number of hydrogen-bond donors (Lipinski definition) is 0. The molecular weight excluding hydrogens is 407 g/mol. The second-order valence-corrected chi connectivity index (χ2v) is 7.96. The van der Waals surface area contributed by atoms with Crippen LogP contribution in [0.15, 0.2) is 60.2 Å². The normalized spacial score (nSPS) is 12.3. The van der Waals surface area contributed by atoms with E-state index in [9.17, 15) is 4.39 Å². The van der Waals surface area contributed by atoms with Crippen LogP contribution in [0.25, 0.3) is 22.3 Å². The van der Waals surface area contributed by atoms with E-state index in [0.29, 0.717) is 48.2 Å². The molecule has 1 aliphatic rings. The second-order valence-electron chi connectivity index (χ2n) is 7.96. The Morgan fingerprint density at radius 2 is 1.62 bits per heavy atom. The molecule has 0 fully saturated rings. The number of fused-ring (bicyclic) bond motifs is 1. The summed E-state index contributed by atoms with van der Waals surface area (Å²) in [6, 6.07) is 15.0. The minimum Gasteiger partial charge on any atom is -0.496 e. The SMILES string of the molecule is COc1cc(-c2ccc(C)cc2)c2c(c1-c1ccc(OCC=C(C)C)c(F)c1)OCCO2. The van der Waals surface area contributed by atoms with Gasteiger partial charge in [-0.2, -0.15) is 0 Å². The van der Waals surface area contributed by atoms with Crippen LogP contribution in [-0.4, -0.2) is 26.9 Å². The van der Waals surface area contributed by atoms with Crippen LogP contribution in [0.3, 0.4) is 0 Å². The molecule has 0 saturated carbocycles. The van der Waals surface area contributed by atoms with Gasteiger partial charge in [0.2, 0.25) is 0 Å². The van der Waals surface area contributed by atoms with Gasteiger partial charge in [0.05, 0.1) is 12.7 Å². The van der Waals surface area contributed by atoms with Crippen LogP contribution in [0.2, 0.25) is 0 Å². The summed E-state index contributed by atoms with van der Waals surface area (Å²) in [6.45, 7) is 7.17. The third-order valence-electron chi connectivity index (χ3n) is 5.31. The van der Waals surface area contributed by atoms with Gasteiger partial charge in [0.25, 0.3) is 0 Å². The zero-order valence-corrected chi connectivity index (χ0v) is 18.8. The summed E-state index contributed by atoms with van der Waals surface area (Å²) in [4.78, 5) is 0. The summed E-state index contributed by atoms with van der Waals surface area (Å²) in [5, 5.41) is 0. The van der Waals surface area contributed by atoms with E-state index in [1.54, 1.807) is 13.2 Å². The van der Waals surface area contributed by atoms with E-state index in [0.717, 1.165) is 16.7 Å². The van der Waals surface area contributed by atoms with Gasteiger partial charge in [-0.1, -0.05) is 41.5 Å². The Kier molecular flexibility index (Phi) is 6.35. The lowest BCUT2D eigenvalue weighted by Crippen LogP contribution is -2.17. The zero-order valence-electron chi connectivity index (χ0n) is 18.8. The standard InChI is InChI=1S/C27H27FO4/c1-17(2)11-12-30-23-10-9-20(15-22(23)28)25-24(29-4)16-21(19-7-5-18(3)6-8-19)26-27(25)32-14-13-31-26/h5-11,15-16H,12-14H2,1-4H3. The minimum absolute atomic E-state index is 0.201. The highest BCUT2D eigenvalue weighted by Gasteiger charge is 2.26. The number of ether oxygens (including phenoxy) is 4. The van der Waals surface area contributed by atoms with E-state index in [2.05, 4.69) is 12.1 Å². The van der Waals surface area contributed by atoms with Gasteiger partial charge in [-0.25, -0.2) is 4.39 Å². The summed E-state index contributed by atoms with van der Waals surface area (Å²) in [6.07, 6.45) is 1.90. The van der Waals surface area contributed by atoms with Crippen LogP contribution < -0.4 is 18.9 Å². The fourth-order valence-corrected chi connectivity index (χ4v) is 3.64. The number of rotatable bonds is 6. The fourth-order valence-electron chi connectivity index (χ4n) is 3.64. The quantitative estimate of drug-likeness (QED) is 0.410. The summed E-state index contributed by atoms with van der Waals surface area (Å²) in [5.74, 6) is 1.54. The molecule has 3 aromatic rings. The summed E-state index contributed by atoms with van der Waals surface area (Å²) < 4.78 is 38.2. The number of halogens is 1. The highest BCUT2D eigenvalue weighted by molar-refractivity contribution is 5.88. The van der Waals surface area contributed by atoms with Crippen LogP contribution in [0.1, 0.15) is 19.4 Å². The van der Waals surface area contributed by atoms with Crippen molar-refractivity contribution < 1.29 is 23.3 Å². The molecule has 3 aromatic carbocycles. The van der Waals surface area contributed by atoms with E-state index in [-0.39, 0.29) is 5.75 Å². The van der Waals surface area contributed by atoms with Crippen molar-refractivity contribution in [2.24, 2.45) is 0 Å². The molecule has 0 amide bonds. The van der Waals surface area contributed by atoms with Crippen LogP contribution in [0, 0.1) is 12.7 Å². The Balaban J connectivity index is 1.80. The Labute approximate surface area is 188 Å². The van der Waals surface area contributed by atoms with Crippen molar-refractivity contribution in [3.63, 3.8) is 0 Å². The van der Waals surface area contributed by atoms with Gasteiger partial charge in [0.1, 0.15) is 25.6 Å². The maximum Gasteiger partial charge on any atom is 0.173 e. The zero-order chi connectivity index (χ0) is 22.7. The Bertz CT molecular complexity index is 1150. The highest BCUT2D eigenvalue weighted by atomic mass is 19.1. The first-order valence-electron chi connectivity index (χ1n) is 10.6. The second kappa shape index (κ2) is 9.35. The predicted octanol–water partition coefficient (Wildman–Crippen LogP) is 6.59. The van der Waals surface area contributed by atoms with Gasteiger partial charge in [-0.3, -0.25) is 0 Å². The lowest BCUT2D eigenvalue weighted by molar-refractivity contribution is 0.172. The van der Waals surface area contributed by atoms with Crippen molar-refractivity contribution in [3.05, 3.63) is 71.6 Å². The smallest absolute Gasteiger partial charge is 0.173 e. The van der Waals surface area contributed by atoms with Gasteiger partial charge in [-0.05, 0) is 56.2 Å². The molecule has 0 bridgehead atoms. The largest absolute Gasteiger partial charge is 0.496 e. The third kappa shape index (κ3) is 4.42. The number of hydrogen-bond acceptors (Lipinski definition) is 4. The van der Waals surface area contributed by atoms with Crippen LogP contribution >= 0.6 is 0 Å². The molecular formula is C27H27FO4. The number of aryl methyl sites for hydroxylation is 1. The Morgan fingerprint density at radius 1 is 0.938 bits per heavy atom. The molecule has 0 aromatic heterocycles. The van der Waals surface area contributed by atoms with Crippen molar-refractivity contribution >= 4 is 0 Å². The first-order valence-corrected chi connectivity index (χ1v) is 10.6. The molecule has 32 heavy (non-hydrogen) atoms. The predicted molar refractivity (Wildman–Crippen MR) is 124 cm³/mol. The topological polar surface area (TPSA) is 36.9 Å². The van der Waals surface area contributed by atoms with Crippen LogP contribution in [-0.2, 0) is 0 Å². The van der Waals surface area contributed by atoms with E-state index in [1.807, 2.05) is 51.1 Å². The molecule has 4 nitrogen and oxygen atoms in total. The lowest BCUT2D eigenvalue weighted by atomic mass is 9.95. The summed E-state index contributed by atoms with van der Waals surface area (Å²) >= 11 is 0. The number of allylic oxidation sites excluding steroid dienone is 1. The molecule has 5 heteroatoms. The van der Waals surface area contributed by atoms with E-state index in [4.69, 9.17) is 18.9 Å². The average molecular weight is 435 g/mol. The third-order valence-corrected chi connectivity index (χ3v) is 5.31. The lowest BCUT2D eigenvalue weighted by Gasteiger charge is -2.26. The molecule has 0 unspecified atom stereocenters. The van der Waals surface area contributed by atoms with Crippen LogP contribution in [0.5, 0.6) is 23.0 Å². The molecule has 0 saturated heterocycles. The van der Waals surface area contributed by atoms with E-state index in [1.165, 1.54) is 11.6 Å². The molecule has 1 aliphatic heterocycles. The average Bonchev–Trinajstić information content (AvgIpc) is 2.79. The van der Waals surface area contributed by atoms with Gasteiger partial charge in [0, 0.05) is 5.56 Å². The molecule has 0 atom stereocenters. The molecule has 0 spiro atoms. The first-order chi connectivity index (χ1) is 15.5. The maximum atomic E-state index is 14.9. The summed E-state index contributed by atoms with van der Waals surface area (Å²) in [7, 11) is 1.60. The van der Waals surface area contributed by atoms with Gasteiger partial charge < -0.3 is 18.9 Å². The van der Waals surface area contributed by atoms with Gasteiger partial charge in [-0.15, -0.1) is 0 Å². The monoisotopic (exact) mass is 434 g/mol. The molecule has 1 heterocycles. The van der Waals surface area contributed by atoms with Gasteiger partial charge >= 0.3 is 0 Å². The Hall–Kier alpha value is -3.47. The van der Waals surface area contributed by atoms with Crippen molar-refractivity contribution in [1.82, 2.24) is 0 Å².